The second kappa shape index (κ2) is 8.81. The molecule has 0 radical (unpaired) electrons. The second-order valence-electron chi connectivity index (χ2n) is 5.48. The minimum Gasteiger partial charge on any atom is -0.325 e. The first-order chi connectivity index (χ1) is 12.5. The van der Waals surface area contributed by atoms with Gasteiger partial charge in [0.2, 0.25) is 5.91 Å². The molecule has 2 aromatic rings. The smallest absolute Gasteiger partial charge is 0.266 e. The summed E-state index contributed by atoms with van der Waals surface area (Å²) in [5.41, 5.74) is 0.587. The van der Waals surface area contributed by atoms with Crippen LogP contribution in [0.1, 0.15) is 17.7 Å². The molecule has 1 aliphatic rings. The normalized spacial score (nSPS) is 15.7. The van der Waals surface area contributed by atoms with Crippen molar-refractivity contribution in [3.05, 3.63) is 56.6 Å². The second-order valence-corrected chi connectivity index (χ2v) is 8.54. The third-order valence-electron chi connectivity index (χ3n) is 3.62. The molecule has 26 heavy (non-hydrogen) atoms. The first-order valence-electron chi connectivity index (χ1n) is 7.88. The number of thioether (sulfide) groups is 1. The van der Waals surface area contributed by atoms with Crippen molar-refractivity contribution in [2.24, 2.45) is 0 Å². The molecule has 0 atom stereocenters. The van der Waals surface area contributed by atoms with Crippen LogP contribution >= 0.6 is 46.9 Å². The molecule has 2 amide bonds. The highest BCUT2D eigenvalue weighted by atomic mass is 35.5. The molecule has 1 aromatic carbocycles. The summed E-state index contributed by atoms with van der Waals surface area (Å²) < 4.78 is 0.532. The van der Waals surface area contributed by atoms with Gasteiger partial charge >= 0.3 is 0 Å². The zero-order chi connectivity index (χ0) is 18.5. The number of hydrogen-bond donors (Lipinski definition) is 1. The number of nitrogens with one attached hydrogen (secondary N) is 1. The third kappa shape index (κ3) is 4.73. The fourth-order valence-electron chi connectivity index (χ4n) is 2.37. The van der Waals surface area contributed by atoms with Gasteiger partial charge in [0.25, 0.3) is 5.91 Å². The van der Waals surface area contributed by atoms with Crippen molar-refractivity contribution in [2.45, 2.75) is 12.8 Å². The topological polar surface area (TPSA) is 49.4 Å². The van der Waals surface area contributed by atoms with Crippen LogP contribution in [0, 0.1) is 0 Å². The Morgan fingerprint density at radius 3 is 2.81 bits per heavy atom. The van der Waals surface area contributed by atoms with E-state index in [9.17, 15) is 9.59 Å². The molecule has 0 unspecified atom stereocenters. The van der Waals surface area contributed by atoms with Crippen molar-refractivity contribution in [1.82, 2.24) is 4.90 Å². The van der Waals surface area contributed by atoms with Crippen LogP contribution in [0.25, 0.3) is 6.08 Å². The van der Waals surface area contributed by atoms with Gasteiger partial charge < -0.3 is 5.32 Å². The standard InChI is InChI=1S/C18H15ClN2O2S3/c19-13-6-1-2-7-14(13)20-16(22)8-3-9-21-17(23)15(26-18(21)24)11-12-5-4-10-25-12/h1-2,4-7,10-11H,3,8-9H2,(H,20,22)/b15-11-. The summed E-state index contributed by atoms with van der Waals surface area (Å²) in [5, 5.41) is 5.23. The number of carbonyl (C=O) groups is 2. The molecule has 8 heteroatoms. The van der Waals surface area contributed by atoms with E-state index in [2.05, 4.69) is 5.32 Å². The molecule has 4 nitrogen and oxygen atoms in total. The summed E-state index contributed by atoms with van der Waals surface area (Å²) in [4.78, 5) is 27.7. The zero-order valence-corrected chi connectivity index (χ0v) is 16.8. The third-order valence-corrected chi connectivity index (χ3v) is 6.15. The Kier molecular flexibility index (Phi) is 6.48. The van der Waals surface area contributed by atoms with Crippen LogP contribution in [0.2, 0.25) is 5.02 Å². The molecule has 1 saturated heterocycles. The van der Waals surface area contributed by atoms with Gasteiger partial charge in [-0.05, 0) is 36.1 Å². The summed E-state index contributed by atoms with van der Waals surface area (Å²) in [6.07, 6.45) is 2.66. The maximum Gasteiger partial charge on any atom is 0.266 e. The number of halogens is 1. The molecule has 0 aliphatic carbocycles. The molecule has 3 rings (SSSR count). The number of anilines is 1. The lowest BCUT2D eigenvalue weighted by Gasteiger charge is -2.14. The van der Waals surface area contributed by atoms with Crippen LogP contribution < -0.4 is 5.32 Å². The monoisotopic (exact) mass is 422 g/mol. The lowest BCUT2D eigenvalue weighted by Crippen LogP contribution is -2.29. The van der Waals surface area contributed by atoms with Crippen molar-refractivity contribution in [1.29, 1.82) is 0 Å². The summed E-state index contributed by atoms with van der Waals surface area (Å²) in [5.74, 6) is -0.238. The molecular weight excluding hydrogens is 408 g/mol. The largest absolute Gasteiger partial charge is 0.325 e. The van der Waals surface area contributed by atoms with Gasteiger partial charge in [0.15, 0.2) is 0 Å². The molecule has 1 N–H and O–H groups in total. The van der Waals surface area contributed by atoms with Crippen molar-refractivity contribution in [2.75, 3.05) is 11.9 Å². The van der Waals surface area contributed by atoms with Crippen molar-refractivity contribution in [3.63, 3.8) is 0 Å². The Bertz CT molecular complexity index is 865. The Hall–Kier alpha value is -1.67. The predicted molar refractivity (Wildman–Crippen MR) is 114 cm³/mol. The summed E-state index contributed by atoms with van der Waals surface area (Å²) in [7, 11) is 0. The minimum absolute atomic E-state index is 0.0973. The van der Waals surface area contributed by atoms with Gasteiger partial charge in [-0.1, -0.05) is 53.8 Å². The molecule has 0 bridgehead atoms. The lowest BCUT2D eigenvalue weighted by molar-refractivity contribution is -0.122. The van der Waals surface area contributed by atoms with Crippen LogP contribution in [0.4, 0.5) is 5.69 Å². The van der Waals surface area contributed by atoms with E-state index in [1.807, 2.05) is 29.7 Å². The van der Waals surface area contributed by atoms with Gasteiger partial charge in [-0.3, -0.25) is 14.5 Å². The Morgan fingerprint density at radius 1 is 1.27 bits per heavy atom. The van der Waals surface area contributed by atoms with Crippen molar-refractivity contribution >= 4 is 74.8 Å². The lowest BCUT2D eigenvalue weighted by atomic mass is 10.2. The van der Waals surface area contributed by atoms with Crippen LogP contribution in [0.5, 0.6) is 0 Å². The number of para-hydroxylation sites is 1. The molecular formula is C18H15ClN2O2S3. The number of benzene rings is 1. The summed E-state index contributed by atoms with van der Waals surface area (Å²) >= 11 is 14.2. The molecule has 134 valence electrons. The highest BCUT2D eigenvalue weighted by Crippen LogP contribution is 2.33. The van der Waals surface area contributed by atoms with Crippen molar-refractivity contribution < 1.29 is 9.59 Å². The van der Waals surface area contributed by atoms with Gasteiger partial charge in [-0.2, -0.15) is 0 Å². The number of hydrogen-bond acceptors (Lipinski definition) is 5. The highest BCUT2D eigenvalue weighted by Gasteiger charge is 2.31. The summed E-state index contributed by atoms with van der Waals surface area (Å²) in [6.45, 7) is 0.419. The van der Waals surface area contributed by atoms with Gasteiger partial charge in [0, 0.05) is 17.8 Å². The van der Waals surface area contributed by atoms with Gasteiger partial charge in [-0.15, -0.1) is 11.3 Å². The van der Waals surface area contributed by atoms with E-state index in [-0.39, 0.29) is 18.2 Å². The Balaban J connectivity index is 1.52. The number of nitrogens with zero attached hydrogens (tertiary/aromatic N) is 1. The van der Waals surface area contributed by atoms with E-state index in [1.165, 1.54) is 11.8 Å². The molecule has 1 fully saturated rings. The maximum absolute atomic E-state index is 12.5. The Morgan fingerprint density at radius 2 is 2.08 bits per heavy atom. The van der Waals surface area contributed by atoms with E-state index in [0.717, 1.165) is 4.88 Å². The van der Waals surface area contributed by atoms with E-state index >= 15 is 0 Å². The fourth-order valence-corrected chi connectivity index (χ4v) is 4.58. The molecule has 1 aromatic heterocycles. The van der Waals surface area contributed by atoms with Crippen molar-refractivity contribution in [3.8, 4) is 0 Å². The number of rotatable bonds is 6. The van der Waals surface area contributed by atoms with Crippen LogP contribution in [0.3, 0.4) is 0 Å². The maximum atomic E-state index is 12.5. The van der Waals surface area contributed by atoms with Gasteiger partial charge in [0.05, 0.1) is 15.6 Å². The predicted octanol–water partition coefficient (Wildman–Crippen LogP) is 5.02. The SMILES string of the molecule is O=C(CCCN1C(=O)/C(=C/c2cccs2)SC1=S)Nc1ccccc1Cl. The fraction of sp³-hybridized carbons (Fsp3) is 0.167. The van der Waals surface area contributed by atoms with E-state index < -0.39 is 0 Å². The van der Waals surface area contributed by atoms with E-state index in [1.54, 1.807) is 34.4 Å². The Labute approximate surface area is 170 Å². The summed E-state index contributed by atoms with van der Waals surface area (Å²) in [6, 6.07) is 11.0. The number of amides is 2. The molecule has 0 saturated carbocycles. The van der Waals surface area contributed by atoms with Gasteiger partial charge in [0.1, 0.15) is 4.32 Å². The van der Waals surface area contributed by atoms with E-state index in [4.69, 9.17) is 23.8 Å². The quantitative estimate of drug-likeness (QED) is 0.524. The van der Waals surface area contributed by atoms with Crippen LogP contribution in [-0.4, -0.2) is 27.6 Å². The number of carbonyl (C=O) groups excluding carboxylic acids is 2. The average molecular weight is 423 g/mol. The first-order valence-corrected chi connectivity index (χ1v) is 10.4. The first kappa shape index (κ1) is 19.1. The zero-order valence-electron chi connectivity index (χ0n) is 13.6. The van der Waals surface area contributed by atoms with Crippen LogP contribution in [0.15, 0.2) is 46.7 Å². The number of thiophene rings is 1. The van der Waals surface area contributed by atoms with Crippen LogP contribution in [-0.2, 0) is 9.59 Å². The molecule has 0 spiro atoms. The van der Waals surface area contributed by atoms with Gasteiger partial charge in [-0.25, -0.2) is 0 Å². The highest BCUT2D eigenvalue weighted by molar-refractivity contribution is 8.26. The number of thiocarbonyl (C=S) groups is 1. The molecule has 1 aliphatic heterocycles. The minimum atomic E-state index is -0.141. The molecule has 2 heterocycles. The average Bonchev–Trinajstić information content (AvgIpc) is 3.21. The van der Waals surface area contributed by atoms with E-state index in [0.29, 0.717) is 32.9 Å².